The van der Waals surface area contributed by atoms with Crippen molar-refractivity contribution in [3.05, 3.63) is 35.4 Å². The fourth-order valence-electron chi connectivity index (χ4n) is 4.04. The predicted molar refractivity (Wildman–Crippen MR) is 112 cm³/mol. The molecule has 174 valence electrons. The van der Waals surface area contributed by atoms with Crippen molar-refractivity contribution in [1.29, 1.82) is 0 Å². The Labute approximate surface area is 181 Å². The molecule has 1 aliphatic rings. The second-order valence-electron chi connectivity index (χ2n) is 8.62. The third-order valence-corrected chi connectivity index (χ3v) is 6.15. The zero-order valence-corrected chi connectivity index (χ0v) is 17.7. The van der Waals surface area contributed by atoms with Crippen LogP contribution >= 0.6 is 0 Å². The zero-order chi connectivity index (χ0) is 23.1. The molecular weight excluding hydrogens is 412 g/mol. The normalized spacial score (nSPS) is 18.0. The van der Waals surface area contributed by atoms with Gasteiger partial charge in [-0.1, -0.05) is 25.0 Å². The van der Waals surface area contributed by atoms with Gasteiger partial charge in [0.2, 0.25) is 0 Å². The Kier molecular flexibility index (Phi) is 9.36. The molecule has 1 heterocycles. The highest BCUT2D eigenvalue weighted by atomic mass is 19.4. The Balaban J connectivity index is 1.75. The maximum absolute atomic E-state index is 12.7. The SMILES string of the molecule is NC(CCCCB(O)O)(CCN1CCC(Cc2ccc(C(F)(F)F)cc2)CC1)C(=O)O. The van der Waals surface area contributed by atoms with Crippen LogP contribution in [0.25, 0.3) is 0 Å². The first-order valence-corrected chi connectivity index (χ1v) is 10.8. The maximum Gasteiger partial charge on any atom is 0.451 e. The molecule has 0 saturated carbocycles. The van der Waals surface area contributed by atoms with E-state index < -0.39 is 30.4 Å². The standard InChI is InChI=1S/C21H32BF3N2O4/c23-21(24,25)18-5-3-16(4-6-18)15-17-7-12-27(13-8-17)14-10-20(26,19(28)29)9-1-2-11-22(30)31/h3-6,17,30-31H,1-2,7-15,26H2,(H,28,29). The van der Waals surface area contributed by atoms with Gasteiger partial charge in [0, 0.05) is 6.54 Å². The fraction of sp³-hybridized carbons (Fsp3) is 0.667. The number of carbonyl (C=O) groups is 1. The van der Waals surface area contributed by atoms with Crippen molar-refractivity contribution in [1.82, 2.24) is 4.90 Å². The largest absolute Gasteiger partial charge is 0.480 e. The molecular formula is C21H32BF3N2O4. The molecule has 0 spiro atoms. The lowest BCUT2D eigenvalue weighted by Crippen LogP contribution is -2.50. The van der Waals surface area contributed by atoms with Gasteiger partial charge < -0.3 is 25.8 Å². The lowest BCUT2D eigenvalue weighted by atomic mass is 9.81. The minimum absolute atomic E-state index is 0.197. The number of piperidine rings is 1. The van der Waals surface area contributed by atoms with Gasteiger partial charge in [0.25, 0.3) is 0 Å². The summed E-state index contributed by atoms with van der Waals surface area (Å²) in [7, 11) is -1.39. The van der Waals surface area contributed by atoms with Gasteiger partial charge >= 0.3 is 19.3 Å². The van der Waals surface area contributed by atoms with Crippen LogP contribution in [0.1, 0.15) is 49.7 Å². The lowest BCUT2D eigenvalue weighted by Gasteiger charge is -2.34. The van der Waals surface area contributed by atoms with E-state index in [9.17, 15) is 23.1 Å². The van der Waals surface area contributed by atoms with Gasteiger partial charge in [-0.05, 0) is 75.1 Å². The summed E-state index contributed by atoms with van der Waals surface area (Å²) in [5.74, 6) is -0.658. The van der Waals surface area contributed by atoms with E-state index in [1.165, 1.54) is 0 Å². The predicted octanol–water partition coefficient (Wildman–Crippen LogP) is 2.78. The van der Waals surface area contributed by atoms with E-state index in [-0.39, 0.29) is 12.7 Å². The first-order valence-electron chi connectivity index (χ1n) is 10.8. The summed E-state index contributed by atoms with van der Waals surface area (Å²) in [6.07, 6.45) is 0.0148. The van der Waals surface area contributed by atoms with Crippen molar-refractivity contribution < 1.29 is 33.1 Å². The van der Waals surface area contributed by atoms with Gasteiger partial charge in [-0.3, -0.25) is 4.79 Å². The van der Waals surface area contributed by atoms with Crippen LogP contribution in [0, 0.1) is 5.92 Å². The molecule has 1 aromatic rings. The second-order valence-corrected chi connectivity index (χ2v) is 8.62. The Morgan fingerprint density at radius 1 is 1.10 bits per heavy atom. The molecule has 5 N–H and O–H groups in total. The monoisotopic (exact) mass is 444 g/mol. The number of alkyl halides is 3. The number of nitrogens with zero attached hydrogens (tertiary/aromatic N) is 1. The number of hydrogen-bond donors (Lipinski definition) is 4. The average Bonchev–Trinajstić information content (AvgIpc) is 2.70. The molecule has 0 radical (unpaired) electrons. The number of nitrogens with two attached hydrogens (primary N) is 1. The molecule has 0 bridgehead atoms. The lowest BCUT2D eigenvalue weighted by molar-refractivity contribution is -0.144. The third kappa shape index (κ3) is 8.44. The molecule has 1 unspecified atom stereocenters. The van der Waals surface area contributed by atoms with Gasteiger partial charge in [0.1, 0.15) is 5.54 Å². The van der Waals surface area contributed by atoms with Gasteiger partial charge in [0.15, 0.2) is 0 Å². The van der Waals surface area contributed by atoms with Crippen LogP contribution in [-0.2, 0) is 17.4 Å². The highest BCUT2D eigenvalue weighted by molar-refractivity contribution is 6.40. The van der Waals surface area contributed by atoms with E-state index in [1.54, 1.807) is 12.1 Å². The molecule has 1 aromatic carbocycles. The number of carboxylic acids is 1. The van der Waals surface area contributed by atoms with Crippen molar-refractivity contribution in [3.8, 4) is 0 Å². The maximum atomic E-state index is 12.7. The molecule has 2 rings (SSSR count). The van der Waals surface area contributed by atoms with Crippen molar-refractivity contribution >= 4 is 13.1 Å². The summed E-state index contributed by atoms with van der Waals surface area (Å²) in [5.41, 5.74) is 5.04. The zero-order valence-electron chi connectivity index (χ0n) is 17.7. The minimum atomic E-state index is -4.32. The van der Waals surface area contributed by atoms with E-state index in [4.69, 9.17) is 15.8 Å². The quantitative estimate of drug-likeness (QED) is 0.309. The van der Waals surface area contributed by atoms with E-state index >= 15 is 0 Å². The Morgan fingerprint density at radius 2 is 1.71 bits per heavy atom. The Bertz CT molecular complexity index is 695. The fourth-order valence-corrected chi connectivity index (χ4v) is 4.04. The minimum Gasteiger partial charge on any atom is -0.480 e. The van der Waals surface area contributed by atoms with E-state index in [2.05, 4.69) is 4.90 Å². The topological polar surface area (TPSA) is 107 Å². The van der Waals surface area contributed by atoms with Crippen LogP contribution < -0.4 is 5.73 Å². The van der Waals surface area contributed by atoms with Crippen LogP contribution in [0.5, 0.6) is 0 Å². The van der Waals surface area contributed by atoms with Gasteiger partial charge in [0.05, 0.1) is 5.56 Å². The van der Waals surface area contributed by atoms with Crippen LogP contribution in [-0.4, -0.2) is 58.3 Å². The number of likely N-dealkylation sites (tertiary alicyclic amines) is 1. The van der Waals surface area contributed by atoms with Crippen molar-refractivity contribution in [2.45, 2.75) is 63.0 Å². The molecule has 1 aliphatic heterocycles. The Hall–Kier alpha value is -1.62. The van der Waals surface area contributed by atoms with Crippen molar-refractivity contribution in [2.24, 2.45) is 11.7 Å². The number of hydrogen-bond acceptors (Lipinski definition) is 5. The van der Waals surface area contributed by atoms with Crippen molar-refractivity contribution in [3.63, 3.8) is 0 Å². The number of halogens is 3. The molecule has 6 nitrogen and oxygen atoms in total. The number of aliphatic carboxylic acids is 1. The molecule has 0 aromatic heterocycles. The summed E-state index contributed by atoms with van der Waals surface area (Å²) in [6, 6.07) is 5.33. The van der Waals surface area contributed by atoms with Gasteiger partial charge in [-0.15, -0.1) is 0 Å². The van der Waals surface area contributed by atoms with Gasteiger partial charge in [-0.25, -0.2) is 0 Å². The Morgan fingerprint density at radius 3 is 2.23 bits per heavy atom. The summed E-state index contributed by atoms with van der Waals surface area (Å²) < 4.78 is 38.0. The molecule has 0 aliphatic carbocycles. The van der Waals surface area contributed by atoms with Crippen molar-refractivity contribution in [2.75, 3.05) is 19.6 Å². The number of carboxylic acid groups (broad SMARTS) is 1. The van der Waals surface area contributed by atoms with Crippen LogP contribution in [0.2, 0.25) is 6.32 Å². The molecule has 31 heavy (non-hydrogen) atoms. The second kappa shape index (κ2) is 11.3. The number of unbranched alkanes of at least 4 members (excludes halogenated alkanes) is 1. The molecule has 1 saturated heterocycles. The van der Waals surface area contributed by atoms with Gasteiger partial charge in [-0.2, -0.15) is 13.2 Å². The van der Waals surface area contributed by atoms with E-state index in [0.717, 1.165) is 50.0 Å². The summed E-state index contributed by atoms with van der Waals surface area (Å²) >= 11 is 0. The van der Waals surface area contributed by atoms with Crippen LogP contribution in [0.3, 0.4) is 0 Å². The highest BCUT2D eigenvalue weighted by Gasteiger charge is 2.34. The first kappa shape index (κ1) is 25.6. The highest BCUT2D eigenvalue weighted by Crippen LogP contribution is 2.30. The summed E-state index contributed by atoms with van der Waals surface area (Å²) in [6.45, 7) is 2.17. The molecule has 1 fully saturated rings. The summed E-state index contributed by atoms with van der Waals surface area (Å²) in [5, 5.41) is 27.3. The summed E-state index contributed by atoms with van der Waals surface area (Å²) in [4.78, 5) is 13.8. The van der Waals surface area contributed by atoms with E-state index in [1.807, 2.05) is 0 Å². The molecule has 0 amide bonds. The first-order chi connectivity index (χ1) is 14.5. The average molecular weight is 444 g/mol. The van der Waals surface area contributed by atoms with Crippen LogP contribution in [0.4, 0.5) is 13.2 Å². The molecule has 10 heteroatoms. The smallest absolute Gasteiger partial charge is 0.451 e. The molecule has 1 atom stereocenters. The third-order valence-electron chi connectivity index (χ3n) is 6.15. The number of benzene rings is 1. The van der Waals surface area contributed by atoms with E-state index in [0.29, 0.717) is 31.7 Å². The number of rotatable bonds is 11. The van der Waals surface area contributed by atoms with Crippen LogP contribution in [0.15, 0.2) is 24.3 Å².